The molecule has 11 heavy (non-hydrogen) atoms. The SMILES string of the molecule is [C-]#[N+]C(C)c1ccccc1Br. The molecule has 1 aromatic carbocycles. The third-order valence-electron chi connectivity index (χ3n) is 1.55. The molecule has 56 valence electrons. The van der Waals surface area contributed by atoms with Gasteiger partial charge in [-0.2, -0.15) is 0 Å². The van der Waals surface area contributed by atoms with Crippen LogP contribution in [0.4, 0.5) is 0 Å². The van der Waals surface area contributed by atoms with E-state index in [1.54, 1.807) is 0 Å². The fourth-order valence-corrected chi connectivity index (χ4v) is 1.50. The van der Waals surface area contributed by atoms with Crippen molar-refractivity contribution in [2.75, 3.05) is 0 Å². The Balaban J connectivity index is 3.05. The van der Waals surface area contributed by atoms with Crippen molar-refractivity contribution in [1.29, 1.82) is 0 Å². The molecule has 1 nitrogen and oxygen atoms in total. The average molecular weight is 210 g/mol. The van der Waals surface area contributed by atoms with Crippen LogP contribution in [0, 0.1) is 6.57 Å². The van der Waals surface area contributed by atoms with E-state index < -0.39 is 0 Å². The maximum absolute atomic E-state index is 6.85. The Morgan fingerprint density at radius 2 is 2.09 bits per heavy atom. The summed E-state index contributed by atoms with van der Waals surface area (Å²) >= 11 is 3.39. The second-order valence-electron chi connectivity index (χ2n) is 2.33. The Bertz CT molecular complexity index is 288. The van der Waals surface area contributed by atoms with E-state index in [0.717, 1.165) is 10.0 Å². The van der Waals surface area contributed by atoms with Crippen molar-refractivity contribution < 1.29 is 0 Å². The summed E-state index contributed by atoms with van der Waals surface area (Å²) in [5.74, 6) is 0. The topological polar surface area (TPSA) is 4.36 Å². The molecule has 0 aliphatic heterocycles. The summed E-state index contributed by atoms with van der Waals surface area (Å²) in [6.07, 6.45) is 0. The van der Waals surface area contributed by atoms with Crippen molar-refractivity contribution in [3.05, 3.63) is 45.7 Å². The first-order valence-corrected chi connectivity index (χ1v) is 4.16. The molecule has 1 unspecified atom stereocenters. The van der Waals surface area contributed by atoms with Gasteiger partial charge in [0.2, 0.25) is 6.04 Å². The monoisotopic (exact) mass is 209 g/mol. The summed E-state index contributed by atoms with van der Waals surface area (Å²) in [4.78, 5) is 3.44. The molecule has 0 bridgehead atoms. The largest absolute Gasteiger partial charge is 0.309 e. The van der Waals surface area contributed by atoms with E-state index in [2.05, 4.69) is 20.8 Å². The number of benzene rings is 1. The van der Waals surface area contributed by atoms with Gasteiger partial charge in [0.25, 0.3) is 0 Å². The Morgan fingerprint density at radius 3 is 2.64 bits per heavy atom. The van der Waals surface area contributed by atoms with Gasteiger partial charge in [-0.3, -0.25) is 0 Å². The zero-order valence-corrected chi connectivity index (χ0v) is 7.80. The predicted octanol–water partition coefficient (Wildman–Crippen LogP) is 3.43. The minimum atomic E-state index is -0.0504. The summed E-state index contributed by atoms with van der Waals surface area (Å²) in [5, 5.41) is 0. The van der Waals surface area contributed by atoms with Gasteiger partial charge in [0, 0.05) is 17.0 Å². The van der Waals surface area contributed by atoms with Gasteiger partial charge in [-0.15, -0.1) is 0 Å². The van der Waals surface area contributed by atoms with Gasteiger partial charge in [0.15, 0.2) is 0 Å². The number of hydrogen-bond acceptors (Lipinski definition) is 0. The second-order valence-corrected chi connectivity index (χ2v) is 3.18. The highest BCUT2D eigenvalue weighted by Crippen LogP contribution is 2.24. The van der Waals surface area contributed by atoms with Gasteiger partial charge in [-0.25, -0.2) is 6.57 Å². The Morgan fingerprint density at radius 1 is 1.45 bits per heavy atom. The van der Waals surface area contributed by atoms with E-state index in [0.29, 0.717) is 0 Å². The first kappa shape index (κ1) is 8.29. The zero-order valence-electron chi connectivity index (χ0n) is 6.21. The van der Waals surface area contributed by atoms with Crippen molar-refractivity contribution in [3.63, 3.8) is 0 Å². The Hall–Kier alpha value is -0.810. The van der Waals surface area contributed by atoms with Crippen molar-refractivity contribution in [2.24, 2.45) is 0 Å². The van der Waals surface area contributed by atoms with E-state index in [1.807, 2.05) is 31.2 Å². The Labute approximate surface area is 75.0 Å². The van der Waals surface area contributed by atoms with Crippen LogP contribution in [0.25, 0.3) is 4.85 Å². The van der Waals surface area contributed by atoms with Gasteiger partial charge in [-0.05, 0) is 6.07 Å². The van der Waals surface area contributed by atoms with Crippen molar-refractivity contribution in [2.45, 2.75) is 13.0 Å². The summed E-state index contributed by atoms with van der Waals surface area (Å²) < 4.78 is 1.02. The molecule has 1 rings (SSSR count). The number of halogens is 1. The van der Waals surface area contributed by atoms with Crippen LogP contribution in [0.3, 0.4) is 0 Å². The van der Waals surface area contributed by atoms with Gasteiger partial charge in [0.05, 0.1) is 0 Å². The number of rotatable bonds is 1. The first-order chi connectivity index (χ1) is 5.25. The van der Waals surface area contributed by atoms with Crippen molar-refractivity contribution in [1.82, 2.24) is 0 Å². The quantitative estimate of drug-likeness (QED) is 0.625. The summed E-state index contributed by atoms with van der Waals surface area (Å²) in [7, 11) is 0. The van der Waals surface area contributed by atoms with Gasteiger partial charge < -0.3 is 4.85 Å². The third kappa shape index (κ3) is 1.81. The smallest absolute Gasteiger partial charge is 0.247 e. The lowest BCUT2D eigenvalue weighted by molar-refractivity contribution is 0.954. The molecule has 0 heterocycles. The minimum absolute atomic E-state index is 0.0504. The minimum Gasteiger partial charge on any atom is -0.309 e. The van der Waals surface area contributed by atoms with Crippen LogP contribution >= 0.6 is 15.9 Å². The van der Waals surface area contributed by atoms with E-state index in [4.69, 9.17) is 6.57 Å². The molecule has 0 fully saturated rings. The van der Waals surface area contributed by atoms with E-state index in [9.17, 15) is 0 Å². The van der Waals surface area contributed by atoms with E-state index in [1.165, 1.54) is 0 Å². The van der Waals surface area contributed by atoms with Crippen LogP contribution in [0.1, 0.15) is 18.5 Å². The van der Waals surface area contributed by atoms with E-state index >= 15 is 0 Å². The van der Waals surface area contributed by atoms with Gasteiger partial charge in [-0.1, -0.05) is 34.1 Å². The van der Waals surface area contributed by atoms with Crippen LogP contribution in [0.15, 0.2) is 28.7 Å². The number of nitrogens with zero attached hydrogens (tertiary/aromatic N) is 1. The molecule has 0 amide bonds. The lowest BCUT2D eigenvalue weighted by Gasteiger charge is -2.00. The molecular formula is C9H8BrN. The summed E-state index contributed by atoms with van der Waals surface area (Å²) in [6, 6.07) is 7.76. The number of hydrogen-bond donors (Lipinski definition) is 0. The molecule has 0 aliphatic carbocycles. The molecule has 0 saturated carbocycles. The molecule has 0 aliphatic rings. The second kappa shape index (κ2) is 3.54. The highest BCUT2D eigenvalue weighted by molar-refractivity contribution is 9.10. The molecule has 0 N–H and O–H groups in total. The van der Waals surface area contributed by atoms with Gasteiger partial charge >= 0.3 is 0 Å². The first-order valence-electron chi connectivity index (χ1n) is 3.36. The highest BCUT2D eigenvalue weighted by Gasteiger charge is 2.10. The standard InChI is InChI=1S/C9H8BrN/c1-7(11-2)8-5-3-4-6-9(8)10/h3-7H,1H3. The molecule has 0 spiro atoms. The van der Waals surface area contributed by atoms with Crippen molar-refractivity contribution >= 4 is 15.9 Å². The zero-order chi connectivity index (χ0) is 8.27. The van der Waals surface area contributed by atoms with Crippen LogP contribution in [-0.4, -0.2) is 0 Å². The molecule has 0 aromatic heterocycles. The lowest BCUT2D eigenvalue weighted by atomic mass is 10.1. The van der Waals surface area contributed by atoms with Crippen LogP contribution < -0.4 is 0 Å². The summed E-state index contributed by atoms with van der Waals surface area (Å²) in [5.41, 5.74) is 1.06. The molecule has 1 atom stereocenters. The summed E-state index contributed by atoms with van der Waals surface area (Å²) in [6.45, 7) is 8.74. The van der Waals surface area contributed by atoms with Gasteiger partial charge in [0.1, 0.15) is 0 Å². The lowest BCUT2D eigenvalue weighted by Crippen LogP contribution is -1.86. The molecule has 1 aromatic rings. The average Bonchev–Trinajstić information content (AvgIpc) is 2.04. The highest BCUT2D eigenvalue weighted by atomic mass is 79.9. The van der Waals surface area contributed by atoms with Crippen LogP contribution in [0.2, 0.25) is 0 Å². The van der Waals surface area contributed by atoms with E-state index in [-0.39, 0.29) is 6.04 Å². The van der Waals surface area contributed by atoms with Crippen molar-refractivity contribution in [3.8, 4) is 0 Å². The fraction of sp³-hybridized carbons (Fsp3) is 0.222. The van der Waals surface area contributed by atoms with Crippen LogP contribution in [0.5, 0.6) is 0 Å². The molecule has 2 heteroatoms. The molecule has 0 radical (unpaired) electrons. The maximum Gasteiger partial charge on any atom is 0.247 e. The molecular weight excluding hydrogens is 202 g/mol. The fourth-order valence-electron chi connectivity index (χ4n) is 0.883. The molecule has 0 saturated heterocycles. The third-order valence-corrected chi connectivity index (χ3v) is 2.27. The predicted molar refractivity (Wildman–Crippen MR) is 49.2 cm³/mol. The Kier molecular flexibility index (Phi) is 2.67. The maximum atomic E-state index is 6.85. The van der Waals surface area contributed by atoms with Crippen LogP contribution in [-0.2, 0) is 0 Å². The normalized spacial score (nSPS) is 12.1.